The van der Waals surface area contributed by atoms with Crippen molar-refractivity contribution in [1.82, 2.24) is 5.32 Å². The smallest absolute Gasteiger partial charge is 0.414 e. The second-order valence-corrected chi connectivity index (χ2v) is 8.75. The Labute approximate surface area is 206 Å². The van der Waals surface area contributed by atoms with Crippen LogP contribution in [0.2, 0.25) is 0 Å². The number of piperidine rings is 1. The van der Waals surface area contributed by atoms with Crippen LogP contribution in [0.15, 0.2) is 42.5 Å². The Morgan fingerprint density at radius 3 is 2.69 bits per heavy atom. The number of ether oxygens (including phenoxy) is 1. The van der Waals surface area contributed by atoms with Crippen LogP contribution in [0.1, 0.15) is 19.8 Å². The summed E-state index contributed by atoms with van der Waals surface area (Å²) in [5.74, 6) is -0.739. The van der Waals surface area contributed by atoms with Crippen LogP contribution < -0.4 is 20.4 Å². The highest BCUT2D eigenvalue weighted by Crippen LogP contribution is 2.34. The Kier molecular flexibility index (Phi) is 6.91. The molecule has 36 heavy (non-hydrogen) atoms. The van der Waals surface area contributed by atoms with Gasteiger partial charge in [0.25, 0.3) is 5.69 Å². The average molecular weight is 496 g/mol. The summed E-state index contributed by atoms with van der Waals surface area (Å²) in [6.07, 6.45) is -0.371. The van der Waals surface area contributed by atoms with E-state index in [0.29, 0.717) is 43.0 Å². The summed E-state index contributed by atoms with van der Waals surface area (Å²) >= 11 is 0. The first kappa shape index (κ1) is 24.7. The molecule has 0 unspecified atom stereocenters. The van der Waals surface area contributed by atoms with E-state index in [9.17, 15) is 19.7 Å². The van der Waals surface area contributed by atoms with Crippen LogP contribution in [0, 0.1) is 22.5 Å². The van der Waals surface area contributed by atoms with Crippen LogP contribution in [0.5, 0.6) is 0 Å². The Morgan fingerprint density at radius 1 is 1.31 bits per heavy atom. The van der Waals surface area contributed by atoms with Crippen molar-refractivity contribution < 1.29 is 23.6 Å². The number of nitro benzene ring substituents is 1. The van der Waals surface area contributed by atoms with E-state index in [1.165, 1.54) is 30.0 Å². The van der Waals surface area contributed by atoms with Gasteiger partial charge < -0.3 is 20.3 Å². The number of halogens is 1. The molecule has 0 spiro atoms. The molecule has 12 heteroatoms. The molecule has 0 bridgehead atoms. The first-order chi connectivity index (χ1) is 17.2. The normalized spacial score (nSPS) is 18.8. The number of cyclic esters (lactones) is 1. The molecule has 2 amide bonds. The molecule has 2 heterocycles. The lowest BCUT2D eigenvalue weighted by atomic mass is 9.96. The van der Waals surface area contributed by atoms with Crippen molar-refractivity contribution in [2.24, 2.45) is 0 Å². The Morgan fingerprint density at radius 2 is 2.06 bits per heavy atom. The van der Waals surface area contributed by atoms with Crippen LogP contribution in [0.4, 0.5) is 31.9 Å². The molecule has 2 fully saturated rings. The molecule has 2 saturated heterocycles. The topological polar surface area (TPSA) is 121 Å². The summed E-state index contributed by atoms with van der Waals surface area (Å²) in [6.45, 7) is 10.3. The monoisotopic (exact) mass is 496 g/mol. The molecule has 1 atom stereocenters. The molecular weight excluding hydrogens is 471 g/mol. The highest BCUT2D eigenvalue weighted by molar-refractivity contribution is 5.90. The lowest BCUT2D eigenvalue weighted by Gasteiger charge is -2.36. The van der Waals surface area contributed by atoms with E-state index in [1.807, 2.05) is 4.90 Å². The highest BCUT2D eigenvalue weighted by atomic mass is 19.1. The number of hydrogen-bond acceptors (Lipinski definition) is 7. The van der Waals surface area contributed by atoms with Crippen molar-refractivity contribution in [3.05, 3.63) is 69.8 Å². The summed E-state index contributed by atoms with van der Waals surface area (Å²) in [6, 6.07) is 10.5. The van der Waals surface area contributed by atoms with Crippen LogP contribution in [-0.2, 0) is 9.53 Å². The van der Waals surface area contributed by atoms with E-state index < -0.39 is 28.6 Å². The largest absolute Gasteiger partial charge is 0.442 e. The number of nitro groups is 1. The lowest BCUT2D eigenvalue weighted by Crippen LogP contribution is -2.47. The molecular formula is C24H25FN6O5. The maximum atomic E-state index is 15.1. The van der Waals surface area contributed by atoms with Gasteiger partial charge in [-0.1, -0.05) is 6.07 Å². The fourth-order valence-electron chi connectivity index (χ4n) is 4.36. The molecule has 2 aliphatic rings. The van der Waals surface area contributed by atoms with E-state index in [4.69, 9.17) is 11.3 Å². The van der Waals surface area contributed by atoms with E-state index in [-0.39, 0.29) is 24.7 Å². The number of carbonyl (C=O) groups is 2. The van der Waals surface area contributed by atoms with Gasteiger partial charge in [-0.3, -0.25) is 24.7 Å². The second kappa shape index (κ2) is 10.1. The fourth-order valence-corrected chi connectivity index (χ4v) is 4.36. The standard InChI is InChI=1S/C24H25FN6O5/c1-16(32)27-14-20-15-30(23(33)36-20)18-6-7-22(21(25)13-18)29-10-8-24(26-2,9-11-29)28-17-4-3-5-19(12-17)31(34)35/h3-7,12-13,20,28H,8-11,14-15H2,1H3,(H,27,32)/t20-/m0/s1. The number of carbonyl (C=O) groups excluding carboxylic acids is 2. The third-order valence-corrected chi connectivity index (χ3v) is 6.27. The van der Waals surface area contributed by atoms with Gasteiger partial charge in [0.2, 0.25) is 5.91 Å². The van der Waals surface area contributed by atoms with Gasteiger partial charge >= 0.3 is 11.8 Å². The molecule has 2 aromatic carbocycles. The van der Waals surface area contributed by atoms with E-state index in [0.717, 1.165) is 0 Å². The molecule has 188 valence electrons. The van der Waals surface area contributed by atoms with Crippen molar-refractivity contribution in [3.8, 4) is 0 Å². The van der Waals surface area contributed by atoms with Gasteiger partial charge in [-0.25, -0.2) is 15.8 Å². The fraction of sp³-hybridized carbons (Fsp3) is 0.375. The van der Waals surface area contributed by atoms with E-state index in [1.54, 1.807) is 24.3 Å². The summed E-state index contributed by atoms with van der Waals surface area (Å²) in [7, 11) is 0. The zero-order valence-corrected chi connectivity index (χ0v) is 19.6. The van der Waals surface area contributed by atoms with Gasteiger partial charge in [0.15, 0.2) is 0 Å². The number of non-ortho nitro benzene ring substituents is 1. The SMILES string of the molecule is [C-]#[N+]C1(Nc2cccc([N+](=O)[O-])c2)CCN(c2ccc(N3C[C@H](CNC(C)=O)OC3=O)cc2F)CC1. The lowest BCUT2D eigenvalue weighted by molar-refractivity contribution is -0.384. The molecule has 0 radical (unpaired) electrons. The zero-order valence-electron chi connectivity index (χ0n) is 19.6. The maximum Gasteiger partial charge on any atom is 0.414 e. The molecule has 2 aliphatic heterocycles. The summed E-state index contributed by atoms with van der Waals surface area (Å²) in [5.41, 5.74) is 0.174. The molecule has 0 saturated carbocycles. The quantitative estimate of drug-likeness (QED) is 0.342. The second-order valence-electron chi connectivity index (χ2n) is 8.75. The summed E-state index contributed by atoms with van der Waals surface area (Å²) in [4.78, 5) is 40.8. The molecule has 11 nitrogen and oxygen atoms in total. The Hall–Kier alpha value is -4.40. The number of nitrogens with zero attached hydrogens (tertiary/aromatic N) is 4. The third kappa shape index (κ3) is 5.30. The average Bonchev–Trinajstić information content (AvgIpc) is 3.24. The molecule has 4 rings (SSSR count). The third-order valence-electron chi connectivity index (χ3n) is 6.27. The summed E-state index contributed by atoms with van der Waals surface area (Å²) < 4.78 is 20.3. The van der Waals surface area contributed by atoms with E-state index >= 15 is 4.39 Å². The van der Waals surface area contributed by atoms with Gasteiger partial charge in [0.05, 0.1) is 42.2 Å². The van der Waals surface area contributed by atoms with Crippen molar-refractivity contribution in [2.75, 3.05) is 41.3 Å². The predicted molar refractivity (Wildman–Crippen MR) is 130 cm³/mol. The van der Waals surface area contributed by atoms with Crippen molar-refractivity contribution in [2.45, 2.75) is 31.5 Å². The number of nitrogens with one attached hydrogen (secondary N) is 2. The zero-order chi connectivity index (χ0) is 25.9. The minimum Gasteiger partial charge on any atom is -0.442 e. The van der Waals surface area contributed by atoms with Gasteiger partial charge in [-0.05, 0) is 24.3 Å². The Bertz CT molecular complexity index is 1220. The van der Waals surface area contributed by atoms with Gasteiger partial charge in [0.1, 0.15) is 11.9 Å². The maximum absolute atomic E-state index is 15.1. The molecule has 2 N–H and O–H groups in total. The van der Waals surface area contributed by atoms with Crippen molar-refractivity contribution >= 4 is 34.7 Å². The minimum atomic E-state index is -0.954. The number of anilines is 3. The van der Waals surface area contributed by atoms with Crippen LogP contribution in [0.3, 0.4) is 0 Å². The Balaban J connectivity index is 1.41. The van der Waals surface area contributed by atoms with E-state index in [2.05, 4.69) is 15.5 Å². The van der Waals surface area contributed by atoms with Crippen LogP contribution in [0.25, 0.3) is 4.85 Å². The van der Waals surface area contributed by atoms with Gasteiger partial charge in [0, 0.05) is 37.8 Å². The van der Waals surface area contributed by atoms with Crippen molar-refractivity contribution in [1.29, 1.82) is 0 Å². The minimum absolute atomic E-state index is 0.0666. The molecule has 0 aliphatic carbocycles. The number of benzene rings is 2. The molecule has 0 aromatic heterocycles. The number of hydrogen-bond donors (Lipinski definition) is 2. The van der Waals surface area contributed by atoms with Crippen LogP contribution >= 0.6 is 0 Å². The van der Waals surface area contributed by atoms with Gasteiger partial charge in [-0.2, -0.15) is 0 Å². The number of amides is 2. The van der Waals surface area contributed by atoms with Crippen molar-refractivity contribution in [3.63, 3.8) is 0 Å². The highest BCUT2D eigenvalue weighted by Gasteiger charge is 2.41. The van der Waals surface area contributed by atoms with Crippen LogP contribution in [-0.4, -0.2) is 54.9 Å². The van der Waals surface area contributed by atoms with Gasteiger partial charge in [-0.15, -0.1) is 0 Å². The first-order valence-electron chi connectivity index (χ1n) is 11.4. The predicted octanol–water partition coefficient (Wildman–Crippen LogP) is 3.52. The summed E-state index contributed by atoms with van der Waals surface area (Å²) in [5, 5.41) is 16.8. The number of rotatable bonds is 7. The first-order valence-corrected chi connectivity index (χ1v) is 11.4. The molecule has 2 aromatic rings.